The Hall–Kier alpha value is -3.21. The molecule has 0 amide bonds. The van der Waals surface area contributed by atoms with E-state index < -0.39 is 0 Å². The minimum absolute atomic E-state index is 0.588. The molecule has 0 bridgehead atoms. The first kappa shape index (κ1) is 12.5. The van der Waals surface area contributed by atoms with Crippen LogP contribution in [0.2, 0.25) is 0 Å². The van der Waals surface area contributed by atoms with Crippen molar-refractivity contribution in [3.63, 3.8) is 0 Å². The lowest BCUT2D eigenvalue weighted by Gasteiger charge is -2.07. The van der Waals surface area contributed by atoms with E-state index in [4.69, 9.17) is 0 Å². The fraction of sp³-hybridized carbons (Fsp3) is 0. The van der Waals surface area contributed by atoms with Crippen molar-refractivity contribution < 1.29 is 0 Å². The van der Waals surface area contributed by atoms with Crippen LogP contribution in [-0.2, 0) is 0 Å². The van der Waals surface area contributed by atoms with Gasteiger partial charge in [0, 0.05) is 29.7 Å². The average Bonchev–Trinajstić information content (AvgIpc) is 3.10. The Balaban J connectivity index is 1.59. The minimum Gasteiger partial charge on any atom is -0.324 e. The third-order valence-electron chi connectivity index (χ3n) is 3.38. The van der Waals surface area contributed by atoms with Crippen molar-refractivity contribution in [2.45, 2.75) is 0 Å². The molecule has 0 aliphatic heterocycles. The summed E-state index contributed by atoms with van der Waals surface area (Å²) in [6.07, 6.45) is 5.49. The van der Waals surface area contributed by atoms with Gasteiger partial charge in [-0.2, -0.15) is 5.10 Å². The number of nitrogens with zero attached hydrogens (tertiary/aromatic N) is 4. The van der Waals surface area contributed by atoms with Crippen LogP contribution in [0.25, 0.3) is 16.6 Å². The maximum atomic E-state index is 4.50. The van der Waals surface area contributed by atoms with E-state index >= 15 is 0 Å². The molecule has 0 aliphatic carbocycles. The summed E-state index contributed by atoms with van der Waals surface area (Å²) >= 11 is 0. The molecular formula is C17H13N5. The Bertz CT molecular complexity index is 898. The summed E-state index contributed by atoms with van der Waals surface area (Å²) in [6, 6.07) is 17.8. The van der Waals surface area contributed by atoms with Crippen molar-refractivity contribution in [1.82, 2.24) is 19.7 Å². The number of hydrogen-bond donors (Lipinski definition) is 1. The largest absolute Gasteiger partial charge is 0.324 e. The first-order chi connectivity index (χ1) is 10.9. The van der Waals surface area contributed by atoms with Crippen LogP contribution in [-0.4, -0.2) is 19.7 Å². The molecule has 2 heterocycles. The van der Waals surface area contributed by atoms with Crippen LogP contribution in [0.3, 0.4) is 0 Å². The second kappa shape index (κ2) is 5.29. The van der Waals surface area contributed by atoms with Crippen LogP contribution in [0.15, 0.2) is 73.2 Å². The molecule has 0 saturated carbocycles. The lowest BCUT2D eigenvalue weighted by molar-refractivity contribution is 0.881. The van der Waals surface area contributed by atoms with E-state index in [1.807, 2.05) is 71.7 Å². The summed E-state index contributed by atoms with van der Waals surface area (Å²) in [7, 11) is 0. The van der Waals surface area contributed by atoms with Gasteiger partial charge in [0.2, 0.25) is 5.95 Å². The lowest BCUT2D eigenvalue weighted by atomic mass is 10.2. The molecule has 0 radical (unpaired) electrons. The first-order valence-electron chi connectivity index (χ1n) is 6.97. The van der Waals surface area contributed by atoms with Gasteiger partial charge in [-0.15, -0.1) is 0 Å². The standard InChI is InChI=1S/C17H13N5/c1-2-5-16-13(4-1)12-18-17(21-16)20-14-6-8-15(9-7-14)22-11-3-10-19-22/h1-12H,(H,18,20,21). The number of aromatic nitrogens is 4. The van der Waals surface area contributed by atoms with Crippen LogP contribution >= 0.6 is 0 Å². The van der Waals surface area contributed by atoms with Crippen LogP contribution in [0.4, 0.5) is 11.6 Å². The Morgan fingerprint density at radius 3 is 2.59 bits per heavy atom. The van der Waals surface area contributed by atoms with E-state index in [1.54, 1.807) is 6.20 Å². The number of rotatable bonds is 3. The summed E-state index contributed by atoms with van der Waals surface area (Å²) in [4.78, 5) is 8.84. The SMILES string of the molecule is c1ccc2nc(Nc3ccc(-n4cccn4)cc3)ncc2c1. The van der Waals surface area contributed by atoms with Gasteiger partial charge < -0.3 is 5.32 Å². The van der Waals surface area contributed by atoms with E-state index in [1.165, 1.54) is 0 Å². The monoisotopic (exact) mass is 287 g/mol. The van der Waals surface area contributed by atoms with E-state index in [0.717, 1.165) is 22.3 Å². The summed E-state index contributed by atoms with van der Waals surface area (Å²) < 4.78 is 1.82. The van der Waals surface area contributed by atoms with E-state index in [2.05, 4.69) is 20.4 Å². The summed E-state index contributed by atoms with van der Waals surface area (Å²) in [5.41, 5.74) is 2.87. The maximum Gasteiger partial charge on any atom is 0.227 e. The molecule has 0 fully saturated rings. The topological polar surface area (TPSA) is 55.6 Å². The highest BCUT2D eigenvalue weighted by atomic mass is 15.3. The van der Waals surface area contributed by atoms with E-state index in [-0.39, 0.29) is 0 Å². The number of para-hydroxylation sites is 1. The van der Waals surface area contributed by atoms with E-state index in [0.29, 0.717) is 5.95 Å². The Kier molecular flexibility index (Phi) is 3.01. The highest BCUT2D eigenvalue weighted by Gasteiger charge is 2.01. The van der Waals surface area contributed by atoms with Crippen LogP contribution < -0.4 is 5.32 Å². The zero-order chi connectivity index (χ0) is 14.8. The molecule has 5 heteroatoms. The van der Waals surface area contributed by atoms with Crippen molar-refractivity contribution in [3.8, 4) is 5.69 Å². The van der Waals surface area contributed by atoms with Crippen molar-refractivity contribution in [2.24, 2.45) is 0 Å². The summed E-state index contributed by atoms with van der Waals surface area (Å²) in [5.74, 6) is 0.588. The molecule has 106 valence electrons. The molecule has 0 unspecified atom stereocenters. The first-order valence-corrected chi connectivity index (χ1v) is 6.97. The molecule has 0 spiro atoms. The van der Waals surface area contributed by atoms with Gasteiger partial charge in [-0.3, -0.25) is 0 Å². The average molecular weight is 287 g/mol. The van der Waals surface area contributed by atoms with Crippen molar-refractivity contribution in [2.75, 3.05) is 5.32 Å². The maximum absolute atomic E-state index is 4.50. The van der Waals surface area contributed by atoms with Gasteiger partial charge >= 0.3 is 0 Å². The van der Waals surface area contributed by atoms with Gasteiger partial charge in [-0.05, 0) is 36.4 Å². The van der Waals surface area contributed by atoms with Gasteiger partial charge in [0.05, 0.1) is 11.2 Å². The molecule has 0 saturated heterocycles. The summed E-state index contributed by atoms with van der Waals surface area (Å²) in [6.45, 7) is 0. The van der Waals surface area contributed by atoms with Crippen molar-refractivity contribution in [3.05, 3.63) is 73.2 Å². The van der Waals surface area contributed by atoms with Crippen molar-refractivity contribution in [1.29, 1.82) is 0 Å². The second-order valence-electron chi connectivity index (χ2n) is 4.87. The Labute approximate surface area is 127 Å². The molecule has 0 atom stereocenters. The molecule has 0 aliphatic rings. The smallest absolute Gasteiger partial charge is 0.227 e. The zero-order valence-corrected chi connectivity index (χ0v) is 11.7. The Morgan fingerprint density at radius 1 is 0.909 bits per heavy atom. The van der Waals surface area contributed by atoms with Gasteiger partial charge in [0.15, 0.2) is 0 Å². The fourth-order valence-corrected chi connectivity index (χ4v) is 2.28. The second-order valence-corrected chi connectivity index (χ2v) is 4.87. The number of anilines is 2. The van der Waals surface area contributed by atoms with Crippen molar-refractivity contribution >= 4 is 22.5 Å². The van der Waals surface area contributed by atoms with Crippen LogP contribution in [0.1, 0.15) is 0 Å². The normalized spacial score (nSPS) is 10.7. The molecule has 2 aromatic heterocycles. The molecule has 1 N–H and O–H groups in total. The number of nitrogens with one attached hydrogen (secondary N) is 1. The minimum atomic E-state index is 0.588. The highest BCUT2D eigenvalue weighted by molar-refractivity contribution is 5.78. The Morgan fingerprint density at radius 2 is 1.77 bits per heavy atom. The fourth-order valence-electron chi connectivity index (χ4n) is 2.28. The molecular weight excluding hydrogens is 274 g/mol. The molecule has 22 heavy (non-hydrogen) atoms. The number of hydrogen-bond acceptors (Lipinski definition) is 4. The molecule has 5 nitrogen and oxygen atoms in total. The predicted molar refractivity (Wildman–Crippen MR) is 86.4 cm³/mol. The molecule has 2 aromatic carbocycles. The zero-order valence-electron chi connectivity index (χ0n) is 11.7. The highest BCUT2D eigenvalue weighted by Crippen LogP contribution is 2.18. The lowest BCUT2D eigenvalue weighted by Crippen LogP contribution is -1.98. The van der Waals surface area contributed by atoms with Gasteiger partial charge in [-0.1, -0.05) is 18.2 Å². The number of fused-ring (bicyclic) bond motifs is 1. The summed E-state index contributed by atoms with van der Waals surface area (Å²) in [5, 5.41) is 8.45. The van der Waals surface area contributed by atoms with Gasteiger partial charge in [0.1, 0.15) is 0 Å². The molecule has 4 aromatic rings. The predicted octanol–water partition coefficient (Wildman–Crippen LogP) is 3.56. The molecule has 4 rings (SSSR count). The van der Waals surface area contributed by atoms with Crippen LogP contribution in [0, 0.1) is 0 Å². The third kappa shape index (κ3) is 2.40. The van der Waals surface area contributed by atoms with Crippen LogP contribution in [0.5, 0.6) is 0 Å². The third-order valence-corrected chi connectivity index (χ3v) is 3.38. The number of benzene rings is 2. The van der Waals surface area contributed by atoms with E-state index in [9.17, 15) is 0 Å². The van der Waals surface area contributed by atoms with Gasteiger partial charge in [-0.25, -0.2) is 14.6 Å². The van der Waals surface area contributed by atoms with Gasteiger partial charge in [0.25, 0.3) is 0 Å². The quantitative estimate of drug-likeness (QED) is 0.626.